The molecule has 0 aliphatic carbocycles. The number of hydrogen-bond donors (Lipinski definition) is 3. The van der Waals surface area contributed by atoms with Crippen LogP contribution in [0.1, 0.15) is 11.1 Å². The lowest BCUT2D eigenvalue weighted by Crippen LogP contribution is -2.04. The Morgan fingerprint density at radius 3 is 2.21 bits per heavy atom. The Hall–Kier alpha value is -2.23. The number of aromatic nitrogens is 1. The highest BCUT2D eigenvalue weighted by Crippen LogP contribution is 2.19. The summed E-state index contributed by atoms with van der Waals surface area (Å²) in [7, 11) is 3.74. The minimum atomic E-state index is 0.809. The van der Waals surface area contributed by atoms with Crippen molar-refractivity contribution in [2.45, 2.75) is 13.5 Å². The van der Waals surface area contributed by atoms with Crippen LogP contribution in [0, 0.1) is 6.92 Å². The summed E-state index contributed by atoms with van der Waals surface area (Å²) >= 11 is 0. The largest absolute Gasteiger partial charge is 0.381 e. The number of nitrogens with one attached hydrogen (secondary N) is 3. The topological polar surface area (TPSA) is 49.0 Å². The minimum absolute atomic E-state index is 0.809. The van der Waals surface area contributed by atoms with Gasteiger partial charge in [0.05, 0.1) is 0 Å². The predicted molar refractivity (Wildman–Crippen MR) is 81.8 cm³/mol. The molecule has 3 N–H and O–H groups in total. The van der Waals surface area contributed by atoms with Crippen LogP contribution < -0.4 is 16.0 Å². The molecule has 0 bridgehead atoms. The van der Waals surface area contributed by atoms with Crippen molar-refractivity contribution in [1.29, 1.82) is 0 Å². The second-order valence-corrected chi connectivity index (χ2v) is 4.41. The van der Waals surface area contributed by atoms with Crippen molar-refractivity contribution in [2.24, 2.45) is 0 Å². The first-order valence-corrected chi connectivity index (χ1v) is 6.39. The number of rotatable bonds is 5. The molecule has 0 fully saturated rings. The maximum Gasteiger partial charge on any atom is 0.130 e. The maximum absolute atomic E-state index is 4.38. The van der Waals surface area contributed by atoms with E-state index in [1.807, 2.05) is 26.2 Å². The smallest absolute Gasteiger partial charge is 0.130 e. The highest BCUT2D eigenvalue weighted by molar-refractivity contribution is 5.60. The van der Waals surface area contributed by atoms with Gasteiger partial charge in [0.2, 0.25) is 0 Å². The lowest BCUT2D eigenvalue weighted by molar-refractivity contribution is 1.11. The molecule has 1 heterocycles. The van der Waals surface area contributed by atoms with Crippen LogP contribution in [0.3, 0.4) is 0 Å². The monoisotopic (exact) mass is 256 g/mol. The summed E-state index contributed by atoms with van der Waals surface area (Å²) in [6, 6.07) is 12.4. The van der Waals surface area contributed by atoms with Crippen LogP contribution in [0.4, 0.5) is 17.3 Å². The summed E-state index contributed by atoms with van der Waals surface area (Å²) in [5.74, 6) is 1.69. The summed E-state index contributed by atoms with van der Waals surface area (Å²) in [4.78, 5) is 4.38. The van der Waals surface area contributed by atoms with Gasteiger partial charge < -0.3 is 16.0 Å². The Bertz CT molecular complexity index is 529. The van der Waals surface area contributed by atoms with Crippen molar-refractivity contribution in [3.63, 3.8) is 0 Å². The van der Waals surface area contributed by atoms with Crippen molar-refractivity contribution in [2.75, 3.05) is 30.0 Å². The quantitative estimate of drug-likeness (QED) is 0.769. The lowest BCUT2D eigenvalue weighted by atomic mass is 10.1. The van der Waals surface area contributed by atoms with E-state index in [2.05, 4.69) is 52.1 Å². The van der Waals surface area contributed by atoms with Crippen molar-refractivity contribution < 1.29 is 0 Å². The predicted octanol–water partition coefficient (Wildman–Crippen LogP) is 3.09. The first-order chi connectivity index (χ1) is 9.22. The van der Waals surface area contributed by atoms with Crippen LogP contribution in [0.25, 0.3) is 0 Å². The van der Waals surface area contributed by atoms with E-state index in [1.54, 1.807) is 0 Å². The molecule has 0 saturated carbocycles. The second-order valence-electron chi connectivity index (χ2n) is 4.41. The highest BCUT2D eigenvalue weighted by atomic mass is 15.0. The van der Waals surface area contributed by atoms with E-state index >= 15 is 0 Å². The fourth-order valence-electron chi connectivity index (χ4n) is 1.89. The van der Waals surface area contributed by atoms with Gasteiger partial charge in [0.25, 0.3) is 0 Å². The number of aryl methyl sites for hydroxylation is 1. The van der Waals surface area contributed by atoms with Crippen LogP contribution in [0.5, 0.6) is 0 Å². The number of benzene rings is 1. The van der Waals surface area contributed by atoms with Crippen LogP contribution in [-0.2, 0) is 6.54 Å². The molecule has 0 amide bonds. The Balaban J connectivity index is 2.13. The summed E-state index contributed by atoms with van der Waals surface area (Å²) in [5, 5.41) is 9.55. The number of hydrogen-bond acceptors (Lipinski definition) is 4. The summed E-state index contributed by atoms with van der Waals surface area (Å²) in [6.07, 6.45) is 0. The zero-order valence-corrected chi connectivity index (χ0v) is 11.6. The van der Waals surface area contributed by atoms with Gasteiger partial charge in [-0.25, -0.2) is 4.98 Å². The van der Waals surface area contributed by atoms with Gasteiger partial charge in [0.1, 0.15) is 11.6 Å². The molecule has 0 aliphatic rings. The van der Waals surface area contributed by atoms with E-state index in [-0.39, 0.29) is 0 Å². The van der Waals surface area contributed by atoms with Gasteiger partial charge in [-0.3, -0.25) is 0 Å². The molecular formula is C15H20N4. The fraction of sp³-hybridized carbons (Fsp3) is 0.267. The van der Waals surface area contributed by atoms with Gasteiger partial charge >= 0.3 is 0 Å². The summed E-state index contributed by atoms with van der Waals surface area (Å²) < 4.78 is 0. The molecule has 2 rings (SSSR count). The Kier molecular flexibility index (Phi) is 4.23. The number of anilines is 3. The van der Waals surface area contributed by atoms with E-state index in [0.717, 1.165) is 23.9 Å². The molecule has 0 atom stereocenters. The Labute approximate surface area is 114 Å². The molecule has 19 heavy (non-hydrogen) atoms. The molecule has 1 aromatic heterocycles. The zero-order valence-electron chi connectivity index (χ0n) is 11.6. The molecular weight excluding hydrogens is 236 g/mol. The van der Waals surface area contributed by atoms with E-state index < -0.39 is 0 Å². The molecule has 4 nitrogen and oxygen atoms in total. The van der Waals surface area contributed by atoms with E-state index in [0.29, 0.717) is 0 Å². The third-order valence-electron chi connectivity index (χ3n) is 3.08. The lowest BCUT2D eigenvalue weighted by Gasteiger charge is -2.12. The van der Waals surface area contributed by atoms with Gasteiger partial charge in [0.15, 0.2) is 0 Å². The van der Waals surface area contributed by atoms with Crippen LogP contribution in [0.15, 0.2) is 36.4 Å². The molecule has 2 aromatic rings. The van der Waals surface area contributed by atoms with Gasteiger partial charge in [-0.2, -0.15) is 0 Å². The average Bonchev–Trinajstić information content (AvgIpc) is 2.46. The first-order valence-electron chi connectivity index (χ1n) is 6.39. The van der Waals surface area contributed by atoms with Gasteiger partial charge in [-0.1, -0.05) is 24.3 Å². The molecule has 0 saturated heterocycles. The molecule has 0 aliphatic heterocycles. The number of nitrogens with zero attached hydrogens (tertiary/aromatic N) is 1. The van der Waals surface area contributed by atoms with Crippen LogP contribution in [-0.4, -0.2) is 19.1 Å². The normalized spacial score (nSPS) is 10.1. The van der Waals surface area contributed by atoms with Crippen molar-refractivity contribution >= 4 is 17.3 Å². The Morgan fingerprint density at radius 2 is 1.63 bits per heavy atom. The molecule has 0 spiro atoms. The van der Waals surface area contributed by atoms with Gasteiger partial charge in [0, 0.05) is 38.5 Å². The highest BCUT2D eigenvalue weighted by Gasteiger charge is 2.02. The van der Waals surface area contributed by atoms with E-state index in [9.17, 15) is 0 Å². The van der Waals surface area contributed by atoms with E-state index in [1.165, 1.54) is 11.1 Å². The van der Waals surface area contributed by atoms with Gasteiger partial charge in [-0.05, 0) is 18.1 Å². The van der Waals surface area contributed by atoms with Gasteiger partial charge in [-0.15, -0.1) is 0 Å². The SMILES string of the molecule is CNc1cc(NCc2ccccc2C)cc(NC)n1. The average molecular weight is 256 g/mol. The van der Waals surface area contributed by atoms with Crippen molar-refractivity contribution in [1.82, 2.24) is 4.98 Å². The number of pyridine rings is 1. The first kappa shape index (κ1) is 13.2. The van der Waals surface area contributed by atoms with Crippen LogP contribution >= 0.6 is 0 Å². The Morgan fingerprint density at radius 1 is 1.00 bits per heavy atom. The summed E-state index contributed by atoms with van der Waals surface area (Å²) in [6.45, 7) is 2.94. The standard InChI is InChI=1S/C15H20N4/c1-11-6-4-5-7-12(11)10-18-13-8-14(16-2)19-15(9-13)17-3/h4-9H,10H2,1-3H3,(H3,16,17,18,19). The summed E-state index contributed by atoms with van der Waals surface area (Å²) in [5.41, 5.74) is 3.65. The molecule has 0 radical (unpaired) electrons. The maximum atomic E-state index is 4.38. The molecule has 4 heteroatoms. The fourth-order valence-corrected chi connectivity index (χ4v) is 1.89. The van der Waals surface area contributed by atoms with Crippen molar-refractivity contribution in [3.05, 3.63) is 47.5 Å². The van der Waals surface area contributed by atoms with E-state index in [4.69, 9.17) is 0 Å². The zero-order chi connectivity index (χ0) is 13.7. The molecule has 100 valence electrons. The third-order valence-corrected chi connectivity index (χ3v) is 3.08. The molecule has 0 unspecified atom stereocenters. The molecule has 1 aromatic carbocycles. The minimum Gasteiger partial charge on any atom is -0.381 e. The third kappa shape index (κ3) is 3.37. The van der Waals surface area contributed by atoms with Crippen LogP contribution in [0.2, 0.25) is 0 Å². The van der Waals surface area contributed by atoms with Crippen molar-refractivity contribution in [3.8, 4) is 0 Å². The second kappa shape index (κ2) is 6.09.